The van der Waals surface area contributed by atoms with Gasteiger partial charge in [-0.25, -0.2) is 0 Å². The highest BCUT2D eigenvalue weighted by molar-refractivity contribution is 5.84. The number of rotatable bonds is 5. The third kappa shape index (κ3) is 3.22. The van der Waals surface area contributed by atoms with Crippen molar-refractivity contribution in [3.63, 3.8) is 0 Å². The van der Waals surface area contributed by atoms with E-state index < -0.39 is 0 Å². The quantitative estimate of drug-likeness (QED) is 0.758. The molecule has 2 aromatic carbocycles. The first-order chi connectivity index (χ1) is 10.8. The van der Waals surface area contributed by atoms with Gasteiger partial charge >= 0.3 is 0 Å². The first kappa shape index (κ1) is 14.8. The maximum absolute atomic E-state index is 10.8. The third-order valence-electron chi connectivity index (χ3n) is 4.55. The van der Waals surface area contributed by atoms with Gasteiger partial charge in [0.2, 0.25) is 0 Å². The Labute approximate surface area is 132 Å². The van der Waals surface area contributed by atoms with Crippen LogP contribution in [0.2, 0.25) is 0 Å². The van der Waals surface area contributed by atoms with Crippen LogP contribution in [-0.4, -0.2) is 17.7 Å². The second kappa shape index (κ2) is 6.78. The molecule has 0 bridgehead atoms. The minimum atomic E-state index is 0.590. The van der Waals surface area contributed by atoms with E-state index in [4.69, 9.17) is 0 Å². The van der Waals surface area contributed by atoms with Crippen LogP contribution in [-0.2, 0) is 17.8 Å². The Kier molecular flexibility index (Phi) is 4.57. The van der Waals surface area contributed by atoms with Gasteiger partial charge < -0.3 is 9.69 Å². The van der Waals surface area contributed by atoms with Crippen molar-refractivity contribution < 1.29 is 4.79 Å². The Morgan fingerprint density at radius 2 is 1.82 bits per heavy atom. The highest BCUT2D eigenvalue weighted by Gasteiger charge is 2.15. The molecule has 114 valence electrons. The fourth-order valence-corrected chi connectivity index (χ4v) is 3.27. The lowest BCUT2D eigenvalue weighted by Crippen LogP contribution is -2.27. The summed E-state index contributed by atoms with van der Waals surface area (Å²) in [6.07, 6.45) is 6.04. The topological polar surface area (TPSA) is 20.3 Å². The van der Waals surface area contributed by atoms with E-state index in [1.54, 1.807) is 0 Å². The maximum Gasteiger partial charge on any atom is 0.120 e. The van der Waals surface area contributed by atoms with Gasteiger partial charge in [0.15, 0.2) is 0 Å². The SMILES string of the molecule is C=C1CCCCN1Cc1cc2ccccc2cc1CCC=O. The van der Waals surface area contributed by atoms with E-state index in [-0.39, 0.29) is 0 Å². The summed E-state index contributed by atoms with van der Waals surface area (Å²) in [5.41, 5.74) is 3.88. The average molecular weight is 293 g/mol. The predicted octanol–water partition coefficient (Wildman–Crippen LogP) is 4.47. The monoisotopic (exact) mass is 293 g/mol. The fourth-order valence-electron chi connectivity index (χ4n) is 3.27. The number of allylic oxidation sites excluding steroid dienone is 1. The van der Waals surface area contributed by atoms with E-state index in [1.165, 1.54) is 40.4 Å². The molecule has 1 aliphatic heterocycles. The molecule has 1 saturated heterocycles. The summed E-state index contributed by atoms with van der Waals surface area (Å²) in [6.45, 7) is 6.23. The smallest absolute Gasteiger partial charge is 0.120 e. The molecule has 0 aliphatic carbocycles. The highest BCUT2D eigenvalue weighted by Crippen LogP contribution is 2.26. The number of benzene rings is 2. The molecule has 0 saturated carbocycles. The minimum Gasteiger partial charge on any atom is -0.371 e. The zero-order valence-electron chi connectivity index (χ0n) is 13.1. The Balaban J connectivity index is 1.93. The number of nitrogens with zero attached hydrogens (tertiary/aromatic N) is 1. The van der Waals surface area contributed by atoms with Crippen LogP contribution >= 0.6 is 0 Å². The molecule has 0 amide bonds. The number of aldehydes is 1. The highest BCUT2D eigenvalue weighted by atomic mass is 16.1. The largest absolute Gasteiger partial charge is 0.371 e. The number of fused-ring (bicyclic) bond motifs is 1. The number of hydrogen-bond donors (Lipinski definition) is 0. The van der Waals surface area contributed by atoms with Gasteiger partial charge in [0.05, 0.1) is 0 Å². The Morgan fingerprint density at radius 3 is 2.50 bits per heavy atom. The lowest BCUT2D eigenvalue weighted by molar-refractivity contribution is -0.107. The van der Waals surface area contributed by atoms with Crippen molar-refractivity contribution >= 4 is 17.1 Å². The van der Waals surface area contributed by atoms with Crippen LogP contribution in [0.1, 0.15) is 36.8 Å². The van der Waals surface area contributed by atoms with Crippen LogP contribution in [0.4, 0.5) is 0 Å². The van der Waals surface area contributed by atoms with E-state index in [2.05, 4.69) is 47.9 Å². The molecule has 2 heteroatoms. The second-order valence-corrected chi connectivity index (χ2v) is 6.12. The molecular formula is C20H23NO. The number of aryl methyl sites for hydroxylation is 1. The second-order valence-electron chi connectivity index (χ2n) is 6.12. The van der Waals surface area contributed by atoms with Crippen molar-refractivity contribution in [2.24, 2.45) is 0 Å². The first-order valence-corrected chi connectivity index (χ1v) is 8.15. The van der Waals surface area contributed by atoms with E-state index >= 15 is 0 Å². The lowest BCUT2D eigenvalue weighted by atomic mass is 9.96. The van der Waals surface area contributed by atoms with Crippen molar-refractivity contribution in [3.05, 3.63) is 59.8 Å². The summed E-state index contributed by atoms with van der Waals surface area (Å²) >= 11 is 0. The lowest BCUT2D eigenvalue weighted by Gasteiger charge is -2.31. The molecule has 0 spiro atoms. The molecule has 2 aromatic rings. The number of likely N-dealkylation sites (tertiary alicyclic amines) is 1. The van der Waals surface area contributed by atoms with Gasteiger partial charge in [-0.2, -0.15) is 0 Å². The number of carbonyl (C=O) groups is 1. The third-order valence-corrected chi connectivity index (χ3v) is 4.55. The van der Waals surface area contributed by atoms with Gasteiger partial charge in [-0.3, -0.25) is 0 Å². The van der Waals surface area contributed by atoms with Gasteiger partial charge in [0.1, 0.15) is 6.29 Å². The summed E-state index contributed by atoms with van der Waals surface area (Å²) in [5, 5.41) is 2.53. The van der Waals surface area contributed by atoms with Crippen LogP contribution in [0.25, 0.3) is 10.8 Å². The summed E-state index contributed by atoms with van der Waals surface area (Å²) in [5.74, 6) is 0. The molecule has 1 aliphatic rings. The van der Waals surface area contributed by atoms with Gasteiger partial charge in [-0.15, -0.1) is 0 Å². The van der Waals surface area contributed by atoms with Crippen LogP contribution in [0.5, 0.6) is 0 Å². The standard InChI is InChI=1S/C20H23NO/c1-16-7-4-5-11-21(16)15-20-14-18-9-3-2-8-17(18)13-19(20)10-6-12-22/h2-3,8-9,12-14H,1,4-7,10-11,15H2. The van der Waals surface area contributed by atoms with E-state index in [0.717, 1.165) is 32.2 Å². The van der Waals surface area contributed by atoms with Crippen molar-refractivity contribution in [1.82, 2.24) is 4.90 Å². The molecule has 1 fully saturated rings. The number of hydrogen-bond acceptors (Lipinski definition) is 2. The molecule has 0 aromatic heterocycles. The summed E-state index contributed by atoms with van der Waals surface area (Å²) in [4.78, 5) is 13.2. The van der Waals surface area contributed by atoms with E-state index in [1.807, 2.05) is 0 Å². The van der Waals surface area contributed by atoms with Crippen molar-refractivity contribution in [2.75, 3.05) is 6.54 Å². The van der Waals surface area contributed by atoms with Crippen molar-refractivity contribution in [3.8, 4) is 0 Å². The number of piperidine rings is 1. The molecule has 0 radical (unpaired) electrons. The van der Waals surface area contributed by atoms with Crippen LogP contribution in [0.15, 0.2) is 48.7 Å². The molecule has 0 N–H and O–H groups in total. The molecule has 22 heavy (non-hydrogen) atoms. The molecule has 0 unspecified atom stereocenters. The normalized spacial score (nSPS) is 15.3. The van der Waals surface area contributed by atoms with Gasteiger partial charge in [0.25, 0.3) is 0 Å². The molecule has 0 atom stereocenters. The zero-order valence-corrected chi connectivity index (χ0v) is 13.1. The van der Waals surface area contributed by atoms with Crippen LogP contribution in [0.3, 0.4) is 0 Å². The van der Waals surface area contributed by atoms with Gasteiger partial charge in [-0.05, 0) is 53.6 Å². The maximum atomic E-state index is 10.8. The first-order valence-electron chi connectivity index (χ1n) is 8.15. The van der Waals surface area contributed by atoms with E-state index in [9.17, 15) is 4.79 Å². The van der Waals surface area contributed by atoms with Crippen molar-refractivity contribution in [2.45, 2.75) is 38.6 Å². The van der Waals surface area contributed by atoms with Gasteiger partial charge in [0, 0.05) is 25.2 Å². The van der Waals surface area contributed by atoms with Crippen LogP contribution < -0.4 is 0 Å². The number of carbonyl (C=O) groups excluding carboxylic acids is 1. The fraction of sp³-hybridized carbons (Fsp3) is 0.350. The molecule has 3 rings (SSSR count). The van der Waals surface area contributed by atoms with Crippen molar-refractivity contribution in [1.29, 1.82) is 0 Å². The summed E-state index contributed by atoms with van der Waals surface area (Å²) in [6, 6.07) is 13.0. The Bertz CT molecular complexity index is 689. The Hall–Kier alpha value is -2.09. The average Bonchev–Trinajstić information content (AvgIpc) is 2.55. The summed E-state index contributed by atoms with van der Waals surface area (Å²) in [7, 11) is 0. The van der Waals surface area contributed by atoms with E-state index in [0.29, 0.717) is 6.42 Å². The predicted molar refractivity (Wildman–Crippen MR) is 91.7 cm³/mol. The minimum absolute atomic E-state index is 0.590. The zero-order chi connectivity index (χ0) is 15.4. The molecule has 1 heterocycles. The molecule has 2 nitrogen and oxygen atoms in total. The molecular weight excluding hydrogens is 270 g/mol. The Morgan fingerprint density at radius 1 is 1.09 bits per heavy atom. The van der Waals surface area contributed by atoms with Gasteiger partial charge in [-0.1, -0.05) is 36.9 Å². The summed E-state index contributed by atoms with van der Waals surface area (Å²) < 4.78 is 0. The van der Waals surface area contributed by atoms with Crippen LogP contribution in [0, 0.1) is 0 Å².